The van der Waals surface area contributed by atoms with Crippen molar-refractivity contribution < 1.29 is 22.7 Å². The monoisotopic (exact) mass is 354 g/mol. The summed E-state index contributed by atoms with van der Waals surface area (Å²) in [6.45, 7) is 0. The molecule has 0 aliphatic heterocycles. The third-order valence-corrected chi connectivity index (χ3v) is 3.22. The van der Waals surface area contributed by atoms with Crippen LogP contribution in [0.4, 0.5) is 24.5 Å². The molecule has 2 aromatic carbocycles. The maximum absolute atomic E-state index is 12.7. The van der Waals surface area contributed by atoms with Gasteiger partial charge in [0.05, 0.1) is 18.2 Å². The highest BCUT2D eigenvalue weighted by molar-refractivity contribution is 7.80. The highest BCUT2D eigenvalue weighted by atomic mass is 32.1. The van der Waals surface area contributed by atoms with Crippen LogP contribution in [0, 0.1) is 0 Å². The molecular formula is C16H13F3N2O2S. The van der Waals surface area contributed by atoms with Crippen molar-refractivity contribution in [2.45, 2.75) is 6.18 Å². The lowest BCUT2D eigenvalue weighted by molar-refractivity contribution is -0.137. The highest BCUT2D eigenvalue weighted by Crippen LogP contribution is 2.30. The summed E-state index contributed by atoms with van der Waals surface area (Å²) >= 11 is 5.07. The van der Waals surface area contributed by atoms with Crippen LogP contribution in [-0.2, 0) is 10.9 Å². The molecule has 0 aliphatic rings. The van der Waals surface area contributed by atoms with E-state index in [1.807, 2.05) is 0 Å². The summed E-state index contributed by atoms with van der Waals surface area (Å²) in [4.78, 5) is 11.3. The number of nitrogens with one attached hydrogen (secondary N) is 2. The van der Waals surface area contributed by atoms with Crippen molar-refractivity contribution in [1.29, 1.82) is 0 Å². The topological polar surface area (TPSA) is 50.4 Å². The molecule has 0 saturated heterocycles. The highest BCUT2D eigenvalue weighted by Gasteiger charge is 2.30. The summed E-state index contributed by atoms with van der Waals surface area (Å²) in [6.07, 6.45) is -4.42. The van der Waals surface area contributed by atoms with E-state index in [1.165, 1.54) is 19.2 Å². The van der Waals surface area contributed by atoms with Crippen LogP contribution in [0.2, 0.25) is 0 Å². The van der Waals surface area contributed by atoms with Gasteiger partial charge in [0.2, 0.25) is 0 Å². The lowest BCUT2D eigenvalue weighted by atomic mass is 10.2. The molecule has 2 aromatic rings. The number of anilines is 2. The zero-order valence-corrected chi connectivity index (χ0v) is 13.3. The number of esters is 1. The second kappa shape index (κ2) is 7.31. The van der Waals surface area contributed by atoms with Crippen molar-refractivity contribution in [2.75, 3.05) is 17.7 Å². The molecule has 0 heterocycles. The van der Waals surface area contributed by atoms with Crippen molar-refractivity contribution in [3.8, 4) is 0 Å². The maximum atomic E-state index is 12.7. The molecule has 0 radical (unpaired) electrons. The van der Waals surface area contributed by atoms with Gasteiger partial charge in [-0.05, 0) is 54.7 Å². The van der Waals surface area contributed by atoms with Gasteiger partial charge in [-0.15, -0.1) is 0 Å². The molecule has 24 heavy (non-hydrogen) atoms. The molecule has 0 unspecified atom stereocenters. The smallest absolute Gasteiger partial charge is 0.416 e. The number of hydrogen-bond acceptors (Lipinski definition) is 3. The number of rotatable bonds is 3. The van der Waals surface area contributed by atoms with Gasteiger partial charge in [-0.25, -0.2) is 4.79 Å². The summed E-state index contributed by atoms with van der Waals surface area (Å²) < 4.78 is 42.6. The largest absolute Gasteiger partial charge is 0.465 e. The zero-order chi connectivity index (χ0) is 17.7. The zero-order valence-electron chi connectivity index (χ0n) is 12.5. The Balaban J connectivity index is 2.02. The van der Waals surface area contributed by atoms with Crippen LogP contribution >= 0.6 is 12.2 Å². The quantitative estimate of drug-likeness (QED) is 0.636. The second-order valence-corrected chi connectivity index (χ2v) is 5.13. The molecule has 8 heteroatoms. The van der Waals surface area contributed by atoms with Gasteiger partial charge >= 0.3 is 12.1 Å². The Kier molecular flexibility index (Phi) is 5.40. The van der Waals surface area contributed by atoms with Crippen molar-refractivity contribution in [1.82, 2.24) is 0 Å². The van der Waals surface area contributed by atoms with Crippen LogP contribution in [-0.4, -0.2) is 18.2 Å². The van der Waals surface area contributed by atoms with E-state index >= 15 is 0 Å². The molecule has 0 amide bonds. The van der Waals surface area contributed by atoms with Crippen LogP contribution < -0.4 is 10.6 Å². The van der Waals surface area contributed by atoms with Gasteiger partial charge < -0.3 is 15.4 Å². The van der Waals surface area contributed by atoms with E-state index < -0.39 is 17.7 Å². The first-order chi connectivity index (χ1) is 11.3. The lowest BCUT2D eigenvalue weighted by Gasteiger charge is -2.13. The Hall–Kier alpha value is -2.61. The minimum atomic E-state index is -4.42. The molecule has 0 aliphatic carbocycles. The normalized spacial score (nSPS) is 10.8. The molecule has 0 aromatic heterocycles. The number of alkyl halides is 3. The molecular weight excluding hydrogens is 341 g/mol. The van der Waals surface area contributed by atoms with Gasteiger partial charge in [0, 0.05) is 11.4 Å². The predicted molar refractivity (Wildman–Crippen MR) is 89.1 cm³/mol. The first-order valence-corrected chi connectivity index (χ1v) is 7.14. The SMILES string of the molecule is COC(=O)c1ccc(NC(=S)Nc2cccc(C(F)(F)F)c2)cc1. The van der Waals surface area contributed by atoms with E-state index in [1.54, 1.807) is 24.3 Å². The van der Waals surface area contributed by atoms with E-state index in [0.29, 0.717) is 11.3 Å². The standard InChI is InChI=1S/C16H13F3N2O2S/c1-23-14(22)10-5-7-12(8-6-10)20-15(24)21-13-4-2-3-11(9-13)16(17,18)19/h2-9H,1H3,(H2,20,21,24). The van der Waals surface area contributed by atoms with Crippen molar-refractivity contribution in [3.05, 3.63) is 59.7 Å². The number of hydrogen-bond donors (Lipinski definition) is 2. The number of halogens is 3. The third-order valence-electron chi connectivity index (χ3n) is 3.01. The molecule has 0 bridgehead atoms. The summed E-state index contributed by atoms with van der Waals surface area (Å²) in [5, 5.41) is 5.62. The minimum absolute atomic E-state index is 0.125. The van der Waals surface area contributed by atoms with E-state index in [2.05, 4.69) is 15.4 Å². The second-order valence-electron chi connectivity index (χ2n) is 4.73. The molecule has 0 fully saturated rings. The Bertz CT molecular complexity index is 746. The summed E-state index contributed by atoms with van der Waals surface area (Å²) in [5.41, 5.74) is 0.401. The molecule has 0 saturated carbocycles. The Morgan fingerprint density at radius 2 is 1.67 bits per heavy atom. The molecule has 0 spiro atoms. The number of methoxy groups -OCH3 is 1. The number of benzene rings is 2. The number of ether oxygens (including phenoxy) is 1. The van der Waals surface area contributed by atoms with Gasteiger partial charge in [-0.3, -0.25) is 0 Å². The summed E-state index contributed by atoms with van der Waals surface area (Å²) in [5.74, 6) is -0.466. The molecule has 2 rings (SSSR count). The van der Waals surface area contributed by atoms with Crippen molar-refractivity contribution >= 4 is 34.7 Å². The van der Waals surface area contributed by atoms with Crippen LogP contribution in [0.25, 0.3) is 0 Å². The van der Waals surface area contributed by atoms with E-state index in [9.17, 15) is 18.0 Å². The first kappa shape index (κ1) is 17.7. The van der Waals surface area contributed by atoms with Crippen LogP contribution in [0.3, 0.4) is 0 Å². The Morgan fingerprint density at radius 3 is 2.25 bits per heavy atom. The number of carbonyl (C=O) groups is 1. The third kappa shape index (κ3) is 4.69. The van der Waals surface area contributed by atoms with Crippen molar-refractivity contribution in [2.24, 2.45) is 0 Å². The first-order valence-electron chi connectivity index (χ1n) is 6.73. The summed E-state index contributed by atoms with van der Waals surface area (Å²) in [7, 11) is 1.28. The van der Waals surface area contributed by atoms with Crippen LogP contribution in [0.1, 0.15) is 15.9 Å². The molecule has 2 N–H and O–H groups in total. The average Bonchev–Trinajstić information content (AvgIpc) is 2.54. The fraction of sp³-hybridized carbons (Fsp3) is 0.125. The van der Waals surface area contributed by atoms with Gasteiger partial charge in [0.25, 0.3) is 0 Å². The number of thiocarbonyl (C=S) groups is 1. The van der Waals surface area contributed by atoms with Gasteiger partial charge in [0.15, 0.2) is 5.11 Å². The predicted octanol–water partition coefficient (Wildman–Crippen LogP) is 4.30. The average molecular weight is 354 g/mol. The Labute approximate surface area is 141 Å². The molecule has 126 valence electrons. The lowest BCUT2D eigenvalue weighted by Crippen LogP contribution is -2.19. The van der Waals surface area contributed by atoms with E-state index in [0.717, 1.165) is 12.1 Å². The van der Waals surface area contributed by atoms with E-state index in [4.69, 9.17) is 12.2 Å². The molecule has 4 nitrogen and oxygen atoms in total. The number of carbonyl (C=O) groups excluding carboxylic acids is 1. The van der Waals surface area contributed by atoms with Crippen LogP contribution in [0.5, 0.6) is 0 Å². The minimum Gasteiger partial charge on any atom is -0.465 e. The maximum Gasteiger partial charge on any atom is 0.416 e. The van der Waals surface area contributed by atoms with Gasteiger partial charge in [-0.1, -0.05) is 6.07 Å². The van der Waals surface area contributed by atoms with Gasteiger partial charge in [-0.2, -0.15) is 13.2 Å². The van der Waals surface area contributed by atoms with Crippen molar-refractivity contribution in [3.63, 3.8) is 0 Å². The molecule has 0 atom stereocenters. The van der Waals surface area contributed by atoms with Crippen LogP contribution in [0.15, 0.2) is 48.5 Å². The van der Waals surface area contributed by atoms with E-state index in [-0.39, 0.29) is 10.8 Å². The summed E-state index contributed by atoms with van der Waals surface area (Å²) in [6, 6.07) is 11.0. The fourth-order valence-corrected chi connectivity index (χ4v) is 2.11. The van der Waals surface area contributed by atoms with Gasteiger partial charge in [0.1, 0.15) is 0 Å². The Morgan fingerprint density at radius 1 is 1.04 bits per heavy atom. The fourth-order valence-electron chi connectivity index (χ4n) is 1.87.